The van der Waals surface area contributed by atoms with Gasteiger partial charge in [-0.25, -0.2) is 4.79 Å². The van der Waals surface area contributed by atoms with Gasteiger partial charge in [0, 0.05) is 18.3 Å². The zero-order chi connectivity index (χ0) is 18.4. The first kappa shape index (κ1) is 21.1. The van der Waals surface area contributed by atoms with E-state index in [0.717, 1.165) is 5.69 Å². The second-order valence-corrected chi connectivity index (χ2v) is 5.35. The lowest BCUT2D eigenvalue weighted by Crippen LogP contribution is -2.21. The molecule has 0 bridgehead atoms. The van der Waals surface area contributed by atoms with Crippen molar-refractivity contribution in [3.8, 4) is 5.75 Å². The van der Waals surface area contributed by atoms with Crippen LogP contribution in [-0.2, 0) is 4.79 Å². The number of halogens is 1. The van der Waals surface area contributed by atoms with Crippen LogP contribution in [0.4, 0.5) is 11.4 Å². The van der Waals surface area contributed by atoms with Gasteiger partial charge in [0.25, 0.3) is 0 Å². The van der Waals surface area contributed by atoms with Crippen LogP contribution in [0.1, 0.15) is 24.1 Å². The molecule has 0 fully saturated rings. The molecule has 0 saturated carbocycles. The van der Waals surface area contributed by atoms with Gasteiger partial charge < -0.3 is 26.2 Å². The number of nitrogen functional groups attached to an aromatic ring is 1. The minimum atomic E-state index is -0.998. The largest absolute Gasteiger partial charge is 0.492 e. The Bertz CT molecular complexity index is 766. The van der Waals surface area contributed by atoms with Crippen LogP contribution in [0.3, 0.4) is 0 Å². The van der Waals surface area contributed by atoms with E-state index in [0.29, 0.717) is 29.2 Å². The smallest absolute Gasteiger partial charge is 0.330 e. The SMILES string of the molecule is CCOc1ccc(C(Nc2ccc(C(=N)N)cc2)C(=O)O)cc1NC.Cl. The Morgan fingerprint density at radius 1 is 1.27 bits per heavy atom. The van der Waals surface area contributed by atoms with Crippen LogP contribution >= 0.6 is 12.4 Å². The number of benzene rings is 2. The average molecular weight is 379 g/mol. The predicted molar refractivity (Wildman–Crippen MR) is 106 cm³/mol. The van der Waals surface area contributed by atoms with E-state index in [-0.39, 0.29) is 18.2 Å². The summed E-state index contributed by atoms with van der Waals surface area (Å²) in [4.78, 5) is 11.7. The molecule has 0 aliphatic carbocycles. The lowest BCUT2D eigenvalue weighted by molar-refractivity contribution is -0.138. The molecule has 2 aromatic carbocycles. The van der Waals surface area contributed by atoms with Crippen molar-refractivity contribution < 1.29 is 14.6 Å². The van der Waals surface area contributed by atoms with E-state index in [1.807, 2.05) is 6.92 Å². The Hall–Kier alpha value is -2.93. The molecule has 0 spiro atoms. The molecule has 0 aliphatic heterocycles. The van der Waals surface area contributed by atoms with Crippen molar-refractivity contribution >= 4 is 35.6 Å². The number of hydrogen-bond donors (Lipinski definition) is 5. The zero-order valence-corrected chi connectivity index (χ0v) is 15.4. The Balaban J connectivity index is 0.00000338. The van der Waals surface area contributed by atoms with Gasteiger partial charge in [0.2, 0.25) is 0 Å². The summed E-state index contributed by atoms with van der Waals surface area (Å²) in [7, 11) is 1.76. The fraction of sp³-hybridized carbons (Fsp3) is 0.222. The van der Waals surface area contributed by atoms with Gasteiger partial charge in [0.05, 0.1) is 12.3 Å². The van der Waals surface area contributed by atoms with Crippen LogP contribution in [-0.4, -0.2) is 30.6 Å². The highest BCUT2D eigenvalue weighted by Crippen LogP contribution is 2.29. The van der Waals surface area contributed by atoms with E-state index in [9.17, 15) is 9.90 Å². The van der Waals surface area contributed by atoms with Crippen molar-refractivity contribution in [3.63, 3.8) is 0 Å². The number of hydrogen-bond acceptors (Lipinski definition) is 5. The van der Waals surface area contributed by atoms with Crippen molar-refractivity contribution in [1.29, 1.82) is 5.41 Å². The van der Waals surface area contributed by atoms with Crippen LogP contribution in [0.5, 0.6) is 5.75 Å². The van der Waals surface area contributed by atoms with Crippen molar-refractivity contribution in [3.05, 3.63) is 53.6 Å². The quantitative estimate of drug-likeness (QED) is 0.355. The number of anilines is 2. The summed E-state index contributed by atoms with van der Waals surface area (Å²) in [6.07, 6.45) is 0. The normalized spacial score (nSPS) is 11.0. The minimum Gasteiger partial charge on any atom is -0.492 e. The van der Waals surface area contributed by atoms with E-state index < -0.39 is 12.0 Å². The van der Waals surface area contributed by atoms with Crippen molar-refractivity contribution in [2.24, 2.45) is 5.73 Å². The van der Waals surface area contributed by atoms with E-state index in [1.165, 1.54) is 0 Å². The first-order valence-corrected chi connectivity index (χ1v) is 7.84. The van der Waals surface area contributed by atoms with Crippen LogP contribution in [0.2, 0.25) is 0 Å². The summed E-state index contributed by atoms with van der Waals surface area (Å²) in [5, 5.41) is 23.0. The van der Waals surface area contributed by atoms with E-state index in [4.69, 9.17) is 15.9 Å². The Labute approximate surface area is 158 Å². The van der Waals surface area contributed by atoms with Crippen LogP contribution in [0.25, 0.3) is 0 Å². The topological polar surface area (TPSA) is 120 Å². The molecule has 26 heavy (non-hydrogen) atoms. The number of nitrogens with two attached hydrogens (primary N) is 1. The molecule has 7 nitrogen and oxygen atoms in total. The molecule has 0 amide bonds. The highest BCUT2D eigenvalue weighted by Gasteiger charge is 2.21. The number of carbonyl (C=O) groups is 1. The number of amidine groups is 1. The second-order valence-electron chi connectivity index (χ2n) is 5.35. The zero-order valence-electron chi connectivity index (χ0n) is 14.6. The van der Waals surface area contributed by atoms with E-state index in [2.05, 4.69) is 10.6 Å². The summed E-state index contributed by atoms with van der Waals surface area (Å²) in [5.41, 5.74) is 7.94. The Morgan fingerprint density at radius 3 is 2.42 bits per heavy atom. The molecule has 2 aromatic rings. The maximum Gasteiger partial charge on any atom is 0.330 e. The molecule has 1 atom stereocenters. The highest BCUT2D eigenvalue weighted by molar-refractivity contribution is 5.95. The number of carboxylic acids is 1. The molecule has 8 heteroatoms. The molecule has 0 aromatic heterocycles. The number of ether oxygens (including phenoxy) is 1. The second kappa shape index (κ2) is 9.53. The molecule has 2 rings (SSSR count). The summed E-state index contributed by atoms with van der Waals surface area (Å²) in [5.74, 6) is -0.364. The Morgan fingerprint density at radius 2 is 1.92 bits per heavy atom. The van der Waals surface area contributed by atoms with Crippen LogP contribution in [0, 0.1) is 5.41 Å². The molecule has 140 valence electrons. The molecule has 0 heterocycles. The third-order valence-electron chi connectivity index (χ3n) is 3.66. The summed E-state index contributed by atoms with van der Waals surface area (Å²) in [6.45, 7) is 2.41. The number of aliphatic carboxylic acids is 1. The van der Waals surface area contributed by atoms with E-state index >= 15 is 0 Å². The lowest BCUT2D eigenvalue weighted by Gasteiger charge is -2.19. The van der Waals surface area contributed by atoms with Crippen LogP contribution < -0.4 is 21.1 Å². The number of rotatable bonds is 8. The predicted octanol–water partition coefficient (Wildman–Crippen LogP) is 3.07. The molecule has 6 N–H and O–H groups in total. The molecule has 0 aliphatic rings. The van der Waals surface area contributed by atoms with Crippen LogP contribution in [0.15, 0.2) is 42.5 Å². The van der Waals surface area contributed by atoms with Gasteiger partial charge in [-0.2, -0.15) is 0 Å². The minimum absolute atomic E-state index is 0. The third kappa shape index (κ3) is 5.03. The lowest BCUT2D eigenvalue weighted by atomic mass is 10.0. The van der Waals surface area contributed by atoms with Crippen molar-refractivity contribution in [2.75, 3.05) is 24.3 Å². The fourth-order valence-electron chi connectivity index (χ4n) is 2.40. The van der Waals surface area contributed by atoms with Gasteiger partial charge in [-0.1, -0.05) is 6.07 Å². The van der Waals surface area contributed by atoms with Gasteiger partial charge in [-0.3, -0.25) is 5.41 Å². The summed E-state index contributed by atoms with van der Waals surface area (Å²) < 4.78 is 5.51. The third-order valence-corrected chi connectivity index (χ3v) is 3.66. The van der Waals surface area contributed by atoms with Gasteiger partial charge in [-0.15, -0.1) is 12.4 Å². The van der Waals surface area contributed by atoms with Gasteiger partial charge >= 0.3 is 5.97 Å². The molecule has 1 unspecified atom stereocenters. The molecule has 0 radical (unpaired) electrons. The van der Waals surface area contributed by atoms with Crippen molar-refractivity contribution in [2.45, 2.75) is 13.0 Å². The summed E-state index contributed by atoms with van der Waals surface area (Å²) in [6, 6.07) is 11.0. The highest BCUT2D eigenvalue weighted by atomic mass is 35.5. The maximum absolute atomic E-state index is 11.7. The molecule has 0 saturated heterocycles. The van der Waals surface area contributed by atoms with E-state index in [1.54, 1.807) is 49.5 Å². The fourth-order valence-corrected chi connectivity index (χ4v) is 2.40. The first-order valence-electron chi connectivity index (χ1n) is 7.84. The molecular formula is C18H23ClN4O3. The van der Waals surface area contributed by atoms with Crippen molar-refractivity contribution in [1.82, 2.24) is 0 Å². The maximum atomic E-state index is 11.7. The first-order chi connectivity index (χ1) is 12.0. The number of carboxylic acid groups (broad SMARTS) is 1. The van der Waals surface area contributed by atoms with Gasteiger partial charge in [0.15, 0.2) is 6.04 Å². The van der Waals surface area contributed by atoms with Gasteiger partial charge in [0.1, 0.15) is 11.6 Å². The Kier molecular flexibility index (Phi) is 7.74. The average Bonchev–Trinajstić information content (AvgIpc) is 2.60. The standard InChI is InChI=1S/C18H22N4O3.ClH/c1-3-25-15-9-6-12(10-14(15)21-2)16(18(23)24)22-13-7-4-11(5-8-13)17(19)20;/h4-10,16,21-22H,3H2,1-2H3,(H3,19,20)(H,23,24);1H. The monoisotopic (exact) mass is 378 g/mol. The number of nitrogens with one attached hydrogen (secondary N) is 3. The molecular weight excluding hydrogens is 356 g/mol. The van der Waals surface area contributed by atoms with Gasteiger partial charge in [-0.05, 0) is 48.9 Å². The summed E-state index contributed by atoms with van der Waals surface area (Å²) >= 11 is 0.